The van der Waals surface area contributed by atoms with Crippen LogP contribution in [0.3, 0.4) is 0 Å². The Morgan fingerprint density at radius 3 is 1.63 bits per heavy atom. The van der Waals surface area contributed by atoms with Crippen molar-refractivity contribution in [3.63, 3.8) is 0 Å². The predicted octanol–water partition coefficient (Wildman–Crippen LogP) is 5.46. The zero-order valence-electron chi connectivity index (χ0n) is 22.3. The van der Waals surface area contributed by atoms with E-state index >= 15 is 0 Å². The van der Waals surface area contributed by atoms with Crippen molar-refractivity contribution >= 4 is 12.0 Å². The Kier molecular flexibility index (Phi) is 26.5. The van der Waals surface area contributed by atoms with E-state index in [0.29, 0.717) is 24.2 Å². The molecule has 180 valence electrons. The number of unbranched alkanes of at least 4 members (excludes halogenated alkanes) is 2. The lowest BCUT2D eigenvalue weighted by molar-refractivity contribution is 0.454. The highest BCUT2D eigenvalue weighted by molar-refractivity contribution is 5.80. The largest absolute Gasteiger partial charge is 0.354 e. The van der Waals surface area contributed by atoms with E-state index in [-0.39, 0.29) is 0 Å². The summed E-state index contributed by atoms with van der Waals surface area (Å²) in [6.07, 6.45) is 5.03. The van der Waals surface area contributed by atoms with Crippen LogP contribution in [0.2, 0.25) is 0 Å². The predicted molar refractivity (Wildman–Crippen MR) is 137 cm³/mol. The molecule has 0 unspecified atom stereocenters. The molecule has 2 N–H and O–H groups in total. The van der Waals surface area contributed by atoms with Gasteiger partial charge < -0.3 is 15.5 Å². The maximum atomic E-state index is 4.60. The van der Waals surface area contributed by atoms with Crippen molar-refractivity contribution in [2.24, 2.45) is 15.0 Å². The lowest BCUT2D eigenvalue weighted by Crippen LogP contribution is -2.43. The van der Waals surface area contributed by atoms with Gasteiger partial charge in [0, 0.05) is 25.7 Å². The molecule has 0 spiro atoms. The van der Waals surface area contributed by atoms with Crippen molar-refractivity contribution in [2.45, 2.75) is 119 Å². The van der Waals surface area contributed by atoms with Crippen LogP contribution in [0.15, 0.2) is 15.0 Å². The summed E-state index contributed by atoms with van der Waals surface area (Å²) in [5, 5.41) is 6.46. The van der Waals surface area contributed by atoms with Crippen molar-refractivity contribution in [1.29, 1.82) is 0 Å². The summed E-state index contributed by atoms with van der Waals surface area (Å²) in [6.45, 7) is 23.1. The molecule has 0 fully saturated rings. The van der Waals surface area contributed by atoms with Crippen molar-refractivity contribution in [3.05, 3.63) is 0 Å². The van der Waals surface area contributed by atoms with Gasteiger partial charge in [-0.2, -0.15) is 0 Å². The third-order valence-electron chi connectivity index (χ3n) is 3.42. The van der Waals surface area contributed by atoms with Gasteiger partial charge in [0.1, 0.15) is 0 Å². The fourth-order valence-corrected chi connectivity index (χ4v) is 1.87. The highest BCUT2D eigenvalue weighted by atomic mass is 15.3. The first-order chi connectivity index (χ1) is 14.0. The Morgan fingerprint density at radius 1 is 0.833 bits per heavy atom. The van der Waals surface area contributed by atoms with Gasteiger partial charge in [0.05, 0.1) is 18.1 Å². The molecule has 0 aliphatic heterocycles. The Hall–Kier alpha value is -1.39. The van der Waals surface area contributed by atoms with Crippen LogP contribution in [-0.4, -0.2) is 68.2 Å². The van der Waals surface area contributed by atoms with Crippen LogP contribution in [0.5, 0.6) is 0 Å². The van der Waals surface area contributed by atoms with E-state index in [1.165, 1.54) is 25.7 Å². The minimum Gasteiger partial charge on any atom is -0.354 e. The molecule has 6 nitrogen and oxygen atoms in total. The first kappa shape index (κ1) is 33.3. The molecule has 0 amide bonds. The van der Waals surface area contributed by atoms with Gasteiger partial charge in [-0.25, -0.2) is 9.98 Å². The number of guanidine groups is 1. The molecule has 30 heavy (non-hydrogen) atoms. The van der Waals surface area contributed by atoms with Gasteiger partial charge in [0.15, 0.2) is 5.96 Å². The maximum Gasteiger partial charge on any atom is 0.194 e. The van der Waals surface area contributed by atoms with Crippen LogP contribution in [-0.2, 0) is 0 Å². The summed E-state index contributed by atoms with van der Waals surface area (Å²) < 4.78 is 0. The number of nitrogens with one attached hydrogen (secondary N) is 2. The Labute approximate surface area is 189 Å². The van der Waals surface area contributed by atoms with E-state index in [9.17, 15) is 0 Å². The van der Waals surface area contributed by atoms with Gasteiger partial charge in [-0.15, -0.1) is 0 Å². The smallest absolute Gasteiger partial charge is 0.194 e. The second-order valence-electron chi connectivity index (χ2n) is 8.62. The average molecular weight is 427 g/mol. The molecule has 0 bridgehead atoms. The fourth-order valence-electron chi connectivity index (χ4n) is 1.87. The maximum absolute atomic E-state index is 4.60. The average Bonchev–Trinajstić information content (AvgIpc) is 2.63. The molecule has 0 heterocycles. The molecule has 0 atom stereocenters. The molecule has 0 aromatic carbocycles. The number of rotatable bonds is 10. The Balaban J connectivity index is -0.000000411. The lowest BCUT2D eigenvalue weighted by Gasteiger charge is -2.24. The van der Waals surface area contributed by atoms with Crippen molar-refractivity contribution in [1.82, 2.24) is 15.5 Å². The van der Waals surface area contributed by atoms with Gasteiger partial charge in [0.25, 0.3) is 0 Å². The Bertz CT molecular complexity index is 419. The topological polar surface area (TPSA) is 64.4 Å². The molecule has 0 aliphatic carbocycles. The number of hydrogen-bond donors (Lipinski definition) is 2. The van der Waals surface area contributed by atoms with Crippen LogP contribution >= 0.6 is 0 Å². The number of aliphatic imine (C=N–C) groups is 3. The minimum atomic E-state index is 0.312. The van der Waals surface area contributed by atoms with Crippen LogP contribution in [0.4, 0.5) is 0 Å². The van der Waals surface area contributed by atoms with Gasteiger partial charge in [-0.1, -0.05) is 26.7 Å². The van der Waals surface area contributed by atoms with Crippen LogP contribution < -0.4 is 10.6 Å². The second kappa shape index (κ2) is 23.9. The SMILES string of the molecule is CC(C)N=C=NC(C)C.CCCCN(C)C(=NC(C)C)NC(C)C.CCCCNC. The summed E-state index contributed by atoms with van der Waals surface area (Å²) in [6, 6.07) is 4.04. The first-order valence-corrected chi connectivity index (χ1v) is 11.9. The fraction of sp³-hybridized carbons (Fsp3) is 0.917. The zero-order chi connectivity index (χ0) is 23.9. The molecular weight excluding hydrogens is 372 g/mol. The minimum absolute atomic E-state index is 0.312. The summed E-state index contributed by atoms with van der Waals surface area (Å²) in [5.74, 6) is 1.02. The lowest BCUT2D eigenvalue weighted by atomic mass is 10.3. The number of nitrogens with zero attached hydrogens (tertiary/aromatic N) is 4. The molecule has 0 aliphatic rings. The Morgan fingerprint density at radius 2 is 1.33 bits per heavy atom. The monoisotopic (exact) mass is 426 g/mol. The van der Waals surface area contributed by atoms with Crippen molar-refractivity contribution in [3.8, 4) is 0 Å². The molecule has 0 saturated carbocycles. The van der Waals surface area contributed by atoms with E-state index in [1.54, 1.807) is 0 Å². The summed E-state index contributed by atoms with van der Waals surface area (Å²) >= 11 is 0. The van der Waals surface area contributed by atoms with Gasteiger partial charge in [-0.3, -0.25) is 4.99 Å². The molecule has 6 heteroatoms. The highest BCUT2D eigenvalue weighted by Gasteiger charge is 2.07. The van der Waals surface area contributed by atoms with E-state index in [0.717, 1.165) is 19.0 Å². The van der Waals surface area contributed by atoms with Crippen LogP contribution in [0, 0.1) is 0 Å². The van der Waals surface area contributed by atoms with Crippen LogP contribution in [0.1, 0.15) is 94.9 Å². The first-order valence-electron chi connectivity index (χ1n) is 11.9. The van der Waals surface area contributed by atoms with E-state index < -0.39 is 0 Å². The molecular formula is C24H54N6. The zero-order valence-corrected chi connectivity index (χ0v) is 22.3. The van der Waals surface area contributed by atoms with Crippen molar-refractivity contribution in [2.75, 3.05) is 27.2 Å². The van der Waals surface area contributed by atoms with Gasteiger partial charge in [0.2, 0.25) is 0 Å². The third kappa shape index (κ3) is 31.3. The quantitative estimate of drug-likeness (QED) is 0.277. The molecule has 0 aromatic heterocycles. The van der Waals surface area contributed by atoms with Crippen molar-refractivity contribution < 1.29 is 0 Å². The van der Waals surface area contributed by atoms with E-state index in [1.807, 2.05) is 34.7 Å². The molecule has 0 saturated heterocycles. The second-order valence-corrected chi connectivity index (χ2v) is 8.62. The highest BCUT2D eigenvalue weighted by Crippen LogP contribution is 1.97. The summed E-state index contributed by atoms with van der Waals surface area (Å²) in [7, 11) is 4.09. The summed E-state index contributed by atoms with van der Waals surface area (Å²) in [4.78, 5) is 14.7. The van der Waals surface area contributed by atoms with E-state index in [2.05, 4.69) is 85.1 Å². The van der Waals surface area contributed by atoms with Crippen LogP contribution in [0.25, 0.3) is 0 Å². The standard InChI is InChI=1S/C12H27N3.C7H14N2.C5H13N/c1-7-8-9-15(6)12(13-10(2)3)14-11(4)5;1-6(2)8-5-9-7(3)4;1-3-4-5-6-2/h10-11H,7-9H2,1-6H3,(H,13,14);6-7H,1-4H3;6H,3-5H2,1-2H3. The molecule has 0 rings (SSSR count). The molecule has 0 radical (unpaired) electrons. The molecule has 0 aromatic rings. The van der Waals surface area contributed by atoms with E-state index in [4.69, 9.17) is 0 Å². The van der Waals surface area contributed by atoms with Gasteiger partial charge in [-0.05, 0) is 81.8 Å². The third-order valence-corrected chi connectivity index (χ3v) is 3.42. The normalized spacial score (nSPS) is 10.9. The van der Waals surface area contributed by atoms with Gasteiger partial charge >= 0.3 is 0 Å². The summed E-state index contributed by atoms with van der Waals surface area (Å²) in [5.41, 5.74) is 0. The number of hydrogen-bond acceptors (Lipinski definition) is 4.